The minimum absolute atomic E-state index is 0.589. The maximum atomic E-state index is 5.33. The van der Waals surface area contributed by atoms with Crippen molar-refractivity contribution in [3.63, 3.8) is 0 Å². The summed E-state index contributed by atoms with van der Waals surface area (Å²) in [7, 11) is 5.52. The minimum Gasteiger partial charge on any atom is -0.493 e. The zero-order valence-electron chi connectivity index (χ0n) is 10.4. The maximum Gasteiger partial charge on any atom is 0.161 e. The molecule has 88 valence electrons. The van der Waals surface area contributed by atoms with Gasteiger partial charge in [-0.1, -0.05) is 0 Å². The van der Waals surface area contributed by atoms with E-state index in [1.807, 2.05) is 0 Å². The minimum atomic E-state index is 0.589. The van der Waals surface area contributed by atoms with Crippen LogP contribution < -0.4 is 9.47 Å². The fraction of sp³-hybridized carbons (Fsp3) is 0.538. The van der Waals surface area contributed by atoms with Crippen LogP contribution in [-0.2, 0) is 13.0 Å². The summed E-state index contributed by atoms with van der Waals surface area (Å²) in [6.07, 6.45) is 1.08. The van der Waals surface area contributed by atoms with Crippen LogP contribution >= 0.6 is 0 Å². The number of nitrogens with zero attached hydrogens (tertiary/aromatic N) is 1. The Kier molecular flexibility index (Phi) is 3.06. The first kappa shape index (κ1) is 11.3. The number of fused-ring (bicyclic) bond motifs is 1. The third-order valence-electron chi connectivity index (χ3n) is 3.39. The van der Waals surface area contributed by atoms with Gasteiger partial charge in [-0.25, -0.2) is 0 Å². The largest absolute Gasteiger partial charge is 0.493 e. The lowest BCUT2D eigenvalue weighted by molar-refractivity contribution is 0.230. The van der Waals surface area contributed by atoms with E-state index >= 15 is 0 Å². The predicted molar refractivity (Wildman–Crippen MR) is 64.2 cm³/mol. The molecule has 0 radical (unpaired) electrons. The van der Waals surface area contributed by atoms with Crippen molar-refractivity contribution in [3.05, 3.63) is 23.3 Å². The topological polar surface area (TPSA) is 21.7 Å². The molecule has 2 rings (SSSR count). The molecule has 3 heteroatoms. The van der Waals surface area contributed by atoms with Crippen molar-refractivity contribution in [1.29, 1.82) is 0 Å². The van der Waals surface area contributed by atoms with Gasteiger partial charge in [-0.15, -0.1) is 0 Å². The second-order valence-corrected chi connectivity index (χ2v) is 4.44. The summed E-state index contributed by atoms with van der Waals surface area (Å²) in [5.41, 5.74) is 2.72. The Morgan fingerprint density at radius 1 is 1.12 bits per heavy atom. The molecule has 0 fully saturated rings. The third kappa shape index (κ3) is 1.87. The van der Waals surface area contributed by atoms with E-state index in [9.17, 15) is 0 Å². The second-order valence-electron chi connectivity index (χ2n) is 4.44. The normalized spacial score (nSPS) is 20.4. The van der Waals surface area contributed by atoms with Gasteiger partial charge in [0.05, 0.1) is 14.2 Å². The van der Waals surface area contributed by atoms with E-state index in [0.29, 0.717) is 6.04 Å². The smallest absolute Gasteiger partial charge is 0.161 e. The molecule has 0 aromatic heterocycles. The molecule has 3 nitrogen and oxygen atoms in total. The quantitative estimate of drug-likeness (QED) is 0.763. The molecule has 0 bridgehead atoms. The zero-order chi connectivity index (χ0) is 11.7. The molecule has 1 aliphatic heterocycles. The molecule has 1 unspecified atom stereocenters. The zero-order valence-corrected chi connectivity index (χ0v) is 10.4. The van der Waals surface area contributed by atoms with Gasteiger partial charge in [0.15, 0.2) is 11.5 Å². The average Bonchev–Trinajstić information content (AvgIpc) is 2.29. The second kappa shape index (κ2) is 4.34. The van der Waals surface area contributed by atoms with Crippen molar-refractivity contribution in [2.75, 3.05) is 21.3 Å². The van der Waals surface area contributed by atoms with Crippen LogP contribution in [0.4, 0.5) is 0 Å². The lowest BCUT2D eigenvalue weighted by Gasteiger charge is -2.32. The fourth-order valence-corrected chi connectivity index (χ4v) is 2.20. The van der Waals surface area contributed by atoms with Gasteiger partial charge < -0.3 is 9.47 Å². The van der Waals surface area contributed by atoms with Gasteiger partial charge in [-0.05, 0) is 43.7 Å². The highest BCUT2D eigenvalue weighted by molar-refractivity contribution is 5.48. The monoisotopic (exact) mass is 221 g/mol. The molecule has 1 aromatic rings. The molecule has 0 amide bonds. The summed E-state index contributed by atoms with van der Waals surface area (Å²) in [6, 6.07) is 4.79. The number of hydrogen-bond donors (Lipinski definition) is 0. The molecule has 1 heterocycles. The van der Waals surface area contributed by atoms with Crippen LogP contribution in [0.2, 0.25) is 0 Å². The lowest BCUT2D eigenvalue weighted by Crippen LogP contribution is -2.35. The number of ether oxygens (including phenoxy) is 2. The summed E-state index contributed by atoms with van der Waals surface area (Å²) in [5.74, 6) is 1.65. The fourth-order valence-electron chi connectivity index (χ4n) is 2.20. The molecule has 0 aliphatic carbocycles. The molecular weight excluding hydrogens is 202 g/mol. The maximum absolute atomic E-state index is 5.33. The summed E-state index contributed by atoms with van der Waals surface area (Å²) in [5, 5.41) is 0. The molecule has 0 saturated heterocycles. The van der Waals surface area contributed by atoms with Crippen molar-refractivity contribution in [2.24, 2.45) is 0 Å². The van der Waals surface area contributed by atoms with Crippen molar-refractivity contribution in [2.45, 2.75) is 25.9 Å². The standard InChI is InChI=1S/C13H19NO2/c1-9-5-10-6-12(15-3)13(16-4)7-11(10)8-14(9)2/h6-7,9H,5,8H2,1-4H3. The van der Waals surface area contributed by atoms with E-state index in [-0.39, 0.29) is 0 Å². The van der Waals surface area contributed by atoms with Crippen LogP contribution in [0, 0.1) is 0 Å². The van der Waals surface area contributed by atoms with Crippen molar-refractivity contribution < 1.29 is 9.47 Å². The number of likely N-dealkylation sites (N-methyl/N-ethyl adjacent to an activating group) is 1. The van der Waals surface area contributed by atoms with E-state index in [2.05, 4.69) is 31.0 Å². The van der Waals surface area contributed by atoms with Crippen LogP contribution in [0.1, 0.15) is 18.1 Å². The molecular formula is C13H19NO2. The van der Waals surface area contributed by atoms with E-state index in [4.69, 9.17) is 9.47 Å². The Balaban J connectivity index is 2.41. The van der Waals surface area contributed by atoms with Crippen LogP contribution in [0.25, 0.3) is 0 Å². The Morgan fingerprint density at radius 3 is 2.25 bits per heavy atom. The van der Waals surface area contributed by atoms with Gasteiger partial charge in [-0.3, -0.25) is 4.90 Å². The highest BCUT2D eigenvalue weighted by atomic mass is 16.5. The number of benzene rings is 1. The summed E-state index contributed by atoms with van der Waals surface area (Å²) in [4.78, 5) is 2.36. The molecule has 0 N–H and O–H groups in total. The van der Waals surface area contributed by atoms with E-state index in [1.54, 1.807) is 14.2 Å². The van der Waals surface area contributed by atoms with E-state index in [0.717, 1.165) is 24.5 Å². The average molecular weight is 221 g/mol. The van der Waals surface area contributed by atoms with Gasteiger partial charge in [-0.2, -0.15) is 0 Å². The molecule has 0 saturated carbocycles. The molecule has 0 spiro atoms. The van der Waals surface area contributed by atoms with Gasteiger partial charge in [0.2, 0.25) is 0 Å². The summed E-state index contributed by atoms with van der Waals surface area (Å²) in [6.45, 7) is 3.23. The Labute approximate surface area is 97.0 Å². The van der Waals surface area contributed by atoms with Crippen molar-refractivity contribution in [1.82, 2.24) is 4.90 Å². The SMILES string of the molecule is COc1cc2c(cc1OC)CN(C)C(C)C2. The highest BCUT2D eigenvalue weighted by Crippen LogP contribution is 2.34. The highest BCUT2D eigenvalue weighted by Gasteiger charge is 2.21. The first-order chi connectivity index (χ1) is 7.65. The first-order valence-electron chi connectivity index (χ1n) is 5.59. The van der Waals surface area contributed by atoms with Crippen LogP contribution in [0.3, 0.4) is 0 Å². The van der Waals surface area contributed by atoms with Gasteiger partial charge in [0, 0.05) is 12.6 Å². The van der Waals surface area contributed by atoms with E-state index in [1.165, 1.54) is 11.1 Å². The molecule has 1 atom stereocenters. The van der Waals surface area contributed by atoms with Crippen molar-refractivity contribution >= 4 is 0 Å². The van der Waals surface area contributed by atoms with E-state index < -0.39 is 0 Å². The van der Waals surface area contributed by atoms with Crippen LogP contribution in [0.15, 0.2) is 12.1 Å². The summed E-state index contributed by atoms with van der Waals surface area (Å²) >= 11 is 0. The van der Waals surface area contributed by atoms with Gasteiger partial charge in [0.1, 0.15) is 0 Å². The van der Waals surface area contributed by atoms with Crippen LogP contribution in [0.5, 0.6) is 11.5 Å². The summed E-state index contributed by atoms with van der Waals surface area (Å²) < 4.78 is 10.6. The Bertz CT molecular complexity index is 353. The Hall–Kier alpha value is -1.22. The number of hydrogen-bond acceptors (Lipinski definition) is 3. The number of methoxy groups -OCH3 is 2. The van der Waals surface area contributed by atoms with Gasteiger partial charge >= 0.3 is 0 Å². The third-order valence-corrected chi connectivity index (χ3v) is 3.39. The van der Waals surface area contributed by atoms with Crippen LogP contribution in [-0.4, -0.2) is 32.2 Å². The van der Waals surface area contributed by atoms with Gasteiger partial charge in [0.25, 0.3) is 0 Å². The first-order valence-corrected chi connectivity index (χ1v) is 5.59. The van der Waals surface area contributed by atoms with Crippen molar-refractivity contribution in [3.8, 4) is 11.5 Å². The molecule has 1 aliphatic rings. The Morgan fingerprint density at radius 2 is 1.69 bits per heavy atom. The number of rotatable bonds is 2. The lowest BCUT2D eigenvalue weighted by atomic mass is 9.94. The molecule has 16 heavy (non-hydrogen) atoms. The molecule has 1 aromatic carbocycles. The predicted octanol–water partition coefficient (Wildman–Crippen LogP) is 2.08.